The summed E-state index contributed by atoms with van der Waals surface area (Å²) in [4.78, 5) is 26.6. The molecule has 0 spiro atoms. The van der Waals surface area contributed by atoms with Gasteiger partial charge in [0.15, 0.2) is 0 Å². The van der Waals surface area contributed by atoms with E-state index in [0.29, 0.717) is 31.7 Å². The molecule has 3 aromatic carbocycles. The Morgan fingerprint density at radius 1 is 0.723 bits per heavy atom. The quantitative estimate of drug-likeness (QED) is 0.0752. The molecule has 0 radical (unpaired) electrons. The number of unbranched alkanes of at least 4 members (excludes halogenated alkanes) is 7. The fourth-order valence-corrected chi connectivity index (χ4v) is 5.10. The van der Waals surface area contributed by atoms with Gasteiger partial charge in [-0.2, -0.15) is 0 Å². The number of nitrogens with one attached hydrogen (secondary N) is 1. The number of benzene rings is 3. The van der Waals surface area contributed by atoms with Crippen molar-refractivity contribution in [2.75, 3.05) is 13.7 Å². The number of amides is 1. The minimum atomic E-state index is -0.590. The van der Waals surface area contributed by atoms with Gasteiger partial charge in [-0.15, -0.1) is 6.58 Å². The van der Waals surface area contributed by atoms with Crippen molar-refractivity contribution in [1.82, 2.24) is 10.2 Å². The molecule has 7 heteroatoms. The van der Waals surface area contributed by atoms with E-state index in [1.165, 1.54) is 45.6 Å². The third-order valence-electron chi connectivity index (χ3n) is 7.70. The molecular formula is C40H54N2O5. The van der Waals surface area contributed by atoms with Crippen molar-refractivity contribution < 1.29 is 23.8 Å². The summed E-state index contributed by atoms with van der Waals surface area (Å²) >= 11 is 0. The van der Waals surface area contributed by atoms with Gasteiger partial charge in [-0.1, -0.05) is 86.7 Å². The maximum Gasteiger partial charge on any atom is 0.410 e. The normalized spacial score (nSPS) is 11.1. The van der Waals surface area contributed by atoms with Gasteiger partial charge in [-0.3, -0.25) is 4.90 Å². The van der Waals surface area contributed by atoms with Crippen molar-refractivity contribution in [3.63, 3.8) is 0 Å². The van der Waals surface area contributed by atoms with Crippen molar-refractivity contribution in [2.45, 2.75) is 104 Å². The lowest BCUT2D eigenvalue weighted by molar-refractivity contribution is 0.0216. The maximum atomic E-state index is 13.2. The molecule has 3 aromatic rings. The molecule has 0 bridgehead atoms. The molecule has 0 atom stereocenters. The first kappa shape index (κ1) is 37.4. The molecule has 0 aliphatic rings. The molecule has 1 N–H and O–H groups in total. The van der Waals surface area contributed by atoms with Gasteiger partial charge in [0.05, 0.1) is 19.3 Å². The number of esters is 1. The Kier molecular flexibility index (Phi) is 16.1. The van der Waals surface area contributed by atoms with Gasteiger partial charge in [0, 0.05) is 26.2 Å². The highest BCUT2D eigenvalue weighted by molar-refractivity contribution is 5.89. The average Bonchev–Trinajstić information content (AvgIpc) is 3.06. The zero-order chi connectivity index (χ0) is 33.9. The third kappa shape index (κ3) is 14.9. The lowest BCUT2D eigenvalue weighted by Gasteiger charge is -2.27. The second-order valence-corrected chi connectivity index (χ2v) is 13.0. The lowest BCUT2D eigenvalue weighted by Crippen LogP contribution is -2.36. The van der Waals surface area contributed by atoms with E-state index in [4.69, 9.17) is 14.2 Å². The second-order valence-electron chi connectivity index (χ2n) is 13.0. The zero-order valence-electron chi connectivity index (χ0n) is 28.9. The van der Waals surface area contributed by atoms with Gasteiger partial charge in [0.25, 0.3) is 0 Å². The minimum absolute atomic E-state index is 0.338. The highest BCUT2D eigenvalue weighted by Crippen LogP contribution is 2.19. The van der Waals surface area contributed by atoms with E-state index in [1.54, 1.807) is 17.0 Å². The number of allylic oxidation sites excluding steroid dienone is 1. The lowest BCUT2D eigenvalue weighted by atomic mass is 10.1. The largest absolute Gasteiger partial charge is 0.494 e. The van der Waals surface area contributed by atoms with Crippen LogP contribution in [0.3, 0.4) is 0 Å². The van der Waals surface area contributed by atoms with Crippen LogP contribution in [0.2, 0.25) is 0 Å². The molecule has 47 heavy (non-hydrogen) atoms. The molecule has 0 aliphatic heterocycles. The van der Waals surface area contributed by atoms with Crippen LogP contribution in [-0.2, 0) is 35.7 Å². The first-order valence-electron chi connectivity index (χ1n) is 16.9. The molecule has 0 saturated carbocycles. The van der Waals surface area contributed by atoms with Crippen molar-refractivity contribution in [1.29, 1.82) is 0 Å². The van der Waals surface area contributed by atoms with Gasteiger partial charge >= 0.3 is 12.1 Å². The molecule has 0 unspecified atom stereocenters. The Morgan fingerprint density at radius 3 is 1.74 bits per heavy atom. The van der Waals surface area contributed by atoms with Crippen LogP contribution >= 0.6 is 0 Å². The average molecular weight is 643 g/mol. The summed E-state index contributed by atoms with van der Waals surface area (Å²) in [6, 6.07) is 23.7. The van der Waals surface area contributed by atoms with Crippen LogP contribution in [0.25, 0.3) is 0 Å². The molecule has 0 saturated heterocycles. The topological polar surface area (TPSA) is 77.1 Å². The third-order valence-corrected chi connectivity index (χ3v) is 7.70. The van der Waals surface area contributed by atoms with Gasteiger partial charge in [-0.05, 0) is 86.6 Å². The first-order chi connectivity index (χ1) is 22.7. The summed E-state index contributed by atoms with van der Waals surface area (Å²) in [7, 11) is 1.38. The monoisotopic (exact) mass is 642 g/mol. The molecular weight excluding hydrogens is 588 g/mol. The molecule has 1 amide bonds. The van der Waals surface area contributed by atoms with Crippen LogP contribution in [0.1, 0.15) is 105 Å². The van der Waals surface area contributed by atoms with E-state index in [9.17, 15) is 9.59 Å². The number of nitrogens with zero attached hydrogens (tertiary/aromatic N) is 1. The van der Waals surface area contributed by atoms with Crippen molar-refractivity contribution >= 4 is 12.1 Å². The predicted octanol–water partition coefficient (Wildman–Crippen LogP) is 9.39. The van der Waals surface area contributed by atoms with Crippen LogP contribution in [-0.4, -0.2) is 36.3 Å². The fraction of sp³-hybridized carbons (Fsp3) is 0.450. The van der Waals surface area contributed by atoms with Crippen molar-refractivity contribution in [3.8, 4) is 5.75 Å². The standard InChI is InChI=1S/C40H54N2O5/c1-6-7-8-9-10-11-12-13-14-27-46-37-25-21-35(22-26-37)31-42(39(44)47-40(2,3)4)30-34-17-15-32(16-18-34)28-41-29-33-19-23-36(24-20-33)38(43)45-5/h6,15-26,41H,1,7-14,27-31H2,2-5H3. The fourth-order valence-electron chi connectivity index (χ4n) is 5.10. The molecule has 0 aromatic heterocycles. The Morgan fingerprint density at radius 2 is 1.21 bits per heavy atom. The summed E-state index contributed by atoms with van der Waals surface area (Å²) in [5.41, 5.74) is 4.20. The second kappa shape index (κ2) is 20.2. The van der Waals surface area contributed by atoms with Gasteiger partial charge in [0.2, 0.25) is 0 Å². The Labute approximate surface area is 282 Å². The Bertz CT molecular complexity index is 1350. The number of ether oxygens (including phenoxy) is 3. The highest BCUT2D eigenvalue weighted by Gasteiger charge is 2.22. The van der Waals surface area contributed by atoms with Crippen LogP contribution in [0.15, 0.2) is 85.5 Å². The number of methoxy groups -OCH3 is 1. The number of carbonyl (C=O) groups is 2. The van der Waals surface area contributed by atoms with Crippen LogP contribution in [0, 0.1) is 0 Å². The molecule has 7 nitrogen and oxygen atoms in total. The number of hydrogen-bond donors (Lipinski definition) is 1. The van der Waals surface area contributed by atoms with E-state index in [1.807, 2.05) is 63.2 Å². The van der Waals surface area contributed by atoms with Crippen LogP contribution in [0.4, 0.5) is 4.79 Å². The minimum Gasteiger partial charge on any atom is -0.494 e. The molecule has 0 aliphatic carbocycles. The molecule has 254 valence electrons. The summed E-state index contributed by atoms with van der Waals surface area (Å²) in [6.45, 7) is 12.4. The molecule has 0 heterocycles. The summed E-state index contributed by atoms with van der Waals surface area (Å²) in [5, 5.41) is 3.44. The Balaban J connectivity index is 1.47. The van der Waals surface area contributed by atoms with E-state index in [-0.39, 0.29) is 12.1 Å². The van der Waals surface area contributed by atoms with Crippen LogP contribution in [0.5, 0.6) is 5.75 Å². The SMILES string of the molecule is C=CCCCCCCCCCOc1ccc(CN(Cc2ccc(CNCc3ccc(C(=O)OC)cc3)cc2)C(=O)OC(C)(C)C)cc1. The highest BCUT2D eigenvalue weighted by atomic mass is 16.6. The number of carbonyl (C=O) groups excluding carboxylic acids is 2. The van der Waals surface area contributed by atoms with Crippen LogP contribution < -0.4 is 10.1 Å². The summed E-state index contributed by atoms with van der Waals surface area (Å²) in [5.74, 6) is 0.514. The van der Waals surface area contributed by atoms with Gasteiger partial charge < -0.3 is 19.5 Å². The first-order valence-corrected chi connectivity index (χ1v) is 16.9. The van der Waals surface area contributed by atoms with E-state index >= 15 is 0 Å². The zero-order valence-corrected chi connectivity index (χ0v) is 28.9. The van der Waals surface area contributed by atoms with Gasteiger partial charge in [-0.25, -0.2) is 9.59 Å². The Hall–Kier alpha value is -4.10. The van der Waals surface area contributed by atoms with Crippen molar-refractivity contribution in [2.24, 2.45) is 0 Å². The molecule has 3 rings (SSSR count). The number of rotatable bonds is 20. The number of hydrogen-bond acceptors (Lipinski definition) is 6. The van der Waals surface area contributed by atoms with E-state index in [0.717, 1.165) is 47.5 Å². The van der Waals surface area contributed by atoms with Crippen molar-refractivity contribution in [3.05, 3.63) is 113 Å². The molecule has 0 fully saturated rings. The summed E-state index contributed by atoms with van der Waals surface area (Å²) < 4.78 is 16.5. The van der Waals surface area contributed by atoms with E-state index in [2.05, 4.69) is 36.2 Å². The maximum absolute atomic E-state index is 13.2. The summed E-state index contributed by atoms with van der Waals surface area (Å²) in [6.07, 6.45) is 11.4. The van der Waals surface area contributed by atoms with E-state index < -0.39 is 5.60 Å². The smallest absolute Gasteiger partial charge is 0.410 e. The predicted molar refractivity (Wildman–Crippen MR) is 189 cm³/mol. The van der Waals surface area contributed by atoms with Gasteiger partial charge in [0.1, 0.15) is 11.4 Å².